The van der Waals surface area contributed by atoms with Crippen molar-refractivity contribution in [3.63, 3.8) is 0 Å². The Morgan fingerprint density at radius 1 is 1.35 bits per heavy atom. The fraction of sp³-hybridized carbons (Fsp3) is 0.364. The average molecular weight is 276 g/mol. The van der Waals surface area contributed by atoms with E-state index in [0.29, 0.717) is 37.2 Å². The van der Waals surface area contributed by atoms with Crippen molar-refractivity contribution in [2.45, 2.75) is 12.8 Å². The predicted octanol–water partition coefficient (Wildman–Crippen LogP) is -0.224. The van der Waals surface area contributed by atoms with Gasteiger partial charge in [-0.1, -0.05) is 0 Å². The Hall–Kier alpha value is -2.71. The van der Waals surface area contributed by atoms with Crippen molar-refractivity contribution in [1.29, 1.82) is 0 Å². The first-order chi connectivity index (χ1) is 9.69. The number of nitrogens with zero attached hydrogens (tertiary/aromatic N) is 5. The van der Waals surface area contributed by atoms with Gasteiger partial charge in [0.05, 0.1) is 0 Å². The maximum atomic E-state index is 10.7. The fourth-order valence-electron chi connectivity index (χ4n) is 1.51. The SMILES string of the molecule is CNc1nc(NCCCC(N)=O)nc(-n2ccnc2)n1. The highest BCUT2D eigenvalue weighted by molar-refractivity contribution is 5.73. The first-order valence-corrected chi connectivity index (χ1v) is 6.13. The minimum atomic E-state index is -0.322. The third kappa shape index (κ3) is 3.64. The van der Waals surface area contributed by atoms with E-state index in [2.05, 4.69) is 30.6 Å². The van der Waals surface area contributed by atoms with Gasteiger partial charge in [0.25, 0.3) is 0 Å². The third-order valence-electron chi connectivity index (χ3n) is 2.47. The van der Waals surface area contributed by atoms with Crippen LogP contribution in [0.4, 0.5) is 11.9 Å². The van der Waals surface area contributed by atoms with Crippen LogP contribution in [0.2, 0.25) is 0 Å². The van der Waals surface area contributed by atoms with Crippen LogP contribution in [0.25, 0.3) is 5.95 Å². The van der Waals surface area contributed by atoms with E-state index >= 15 is 0 Å². The molecule has 0 unspecified atom stereocenters. The number of anilines is 2. The van der Waals surface area contributed by atoms with Gasteiger partial charge in [-0.3, -0.25) is 9.36 Å². The molecule has 0 bridgehead atoms. The van der Waals surface area contributed by atoms with Crippen molar-refractivity contribution in [2.75, 3.05) is 24.2 Å². The molecule has 0 fully saturated rings. The minimum absolute atomic E-state index is 0.322. The predicted molar refractivity (Wildman–Crippen MR) is 73.4 cm³/mol. The molecular formula is C11H16N8O. The monoisotopic (exact) mass is 276 g/mol. The molecule has 106 valence electrons. The van der Waals surface area contributed by atoms with E-state index in [1.165, 1.54) is 0 Å². The molecule has 9 heteroatoms. The summed E-state index contributed by atoms with van der Waals surface area (Å²) in [7, 11) is 1.73. The molecule has 0 aromatic carbocycles. The fourth-order valence-corrected chi connectivity index (χ4v) is 1.51. The molecule has 9 nitrogen and oxygen atoms in total. The normalized spacial score (nSPS) is 10.2. The zero-order valence-corrected chi connectivity index (χ0v) is 11.1. The number of aromatic nitrogens is 5. The zero-order chi connectivity index (χ0) is 14.4. The highest BCUT2D eigenvalue weighted by Crippen LogP contribution is 2.08. The van der Waals surface area contributed by atoms with Crippen LogP contribution in [0.1, 0.15) is 12.8 Å². The van der Waals surface area contributed by atoms with Crippen LogP contribution < -0.4 is 16.4 Å². The lowest BCUT2D eigenvalue weighted by Crippen LogP contribution is -2.14. The van der Waals surface area contributed by atoms with Gasteiger partial charge in [0.15, 0.2) is 0 Å². The van der Waals surface area contributed by atoms with Gasteiger partial charge < -0.3 is 16.4 Å². The minimum Gasteiger partial charge on any atom is -0.370 e. The maximum Gasteiger partial charge on any atom is 0.241 e. The van der Waals surface area contributed by atoms with E-state index in [1.807, 2.05) is 0 Å². The number of primary amides is 1. The standard InChI is InChI=1S/C11H16N8O/c1-13-9-16-10(15-4-2-3-8(12)20)18-11(17-9)19-6-5-14-7-19/h5-7H,2-4H2,1H3,(H2,12,20)(H2,13,15,16,17,18). The van der Waals surface area contributed by atoms with Gasteiger partial charge in [-0.2, -0.15) is 15.0 Å². The van der Waals surface area contributed by atoms with Gasteiger partial charge in [0, 0.05) is 32.4 Å². The lowest BCUT2D eigenvalue weighted by Gasteiger charge is -2.08. The van der Waals surface area contributed by atoms with Gasteiger partial charge >= 0.3 is 0 Å². The Labute approximate surface area is 115 Å². The summed E-state index contributed by atoms with van der Waals surface area (Å²) in [6.45, 7) is 0.555. The van der Waals surface area contributed by atoms with Gasteiger partial charge in [0.2, 0.25) is 23.8 Å². The molecule has 0 spiro atoms. The number of nitrogens with two attached hydrogens (primary N) is 1. The summed E-state index contributed by atoms with van der Waals surface area (Å²) < 4.78 is 1.68. The Kier molecular flexibility index (Phi) is 4.43. The highest BCUT2D eigenvalue weighted by Gasteiger charge is 2.06. The van der Waals surface area contributed by atoms with Crippen LogP contribution in [0.5, 0.6) is 0 Å². The molecule has 1 amide bonds. The molecule has 0 saturated carbocycles. The highest BCUT2D eigenvalue weighted by atomic mass is 16.1. The van der Waals surface area contributed by atoms with Crippen LogP contribution in [-0.4, -0.2) is 44.0 Å². The number of hydrogen-bond acceptors (Lipinski definition) is 7. The van der Waals surface area contributed by atoms with Gasteiger partial charge in [-0.05, 0) is 6.42 Å². The van der Waals surface area contributed by atoms with Crippen LogP contribution in [0, 0.1) is 0 Å². The number of imidazole rings is 1. The number of nitrogens with one attached hydrogen (secondary N) is 2. The molecule has 2 aromatic heterocycles. The summed E-state index contributed by atoms with van der Waals surface area (Å²) in [6.07, 6.45) is 5.93. The van der Waals surface area contributed by atoms with E-state index in [9.17, 15) is 4.79 Å². The van der Waals surface area contributed by atoms with Crippen LogP contribution >= 0.6 is 0 Å². The van der Waals surface area contributed by atoms with Crippen molar-refractivity contribution in [3.8, 4) is 5.95 Å². The summed E-state index contributed by atoms with van der Waals surface area (Å²) in [5.41, 5.74) is 5.08. The Morgan fingerprint density at radius 2 is 2.15 bits per heavy atom. The first-order valence-electron chi connectivity index (χ1n) is 6.13. The summed E-state index contributed by atoms with van der Waals surface area (Å²) in [5, 5.41) is 5.90. The van der Waals surface area contributed by atoms with Gasteiger partial charge in [-0.15, -0.1) is 0 Å². The number of rotatable bonds is 7. The van der Waals surface area contributed by atoms with Crippen molar-refractivity contribution in [2.24, 2.45) is 5.73 Å². The van der Waals surface area contributed by atoms with Crippen molar-refractivity contribution in [1.82, 2.24) is 24.5 Å². The second kappa shape index (κ2) is 6.45. The van der Waals surface area contributed by atoms with E-state index in [-0.39, 0.29) is 5.91 Å². The van der Waals surface area contributed by atoms with E-state index in [1.54, 1.807) is 30.3 Å². The molecule has 20 heavy (non-hydrogen) atoms. The van der Waals surface area contributed by atoms with Crippen LogP contribution in [-0.2, 0) is 4.79 Å². The van der Waals surface area contributed by atoms with Crippen LogP contribution in [0.15, 0.2) is 18.7 Å². The lowest BCUT2D eigenvalue weighted by molar-refractivity contribution is -0.118. The summed E-state index contributed by atoms with van der Waals surface area (Å²) in [6, 6.07) is 0. The smallest absolute Gasteiger partial charge is 0.241 e. The largest absolute Gasteiger partial charge is 0.370 e. The van der Waals surface area contributed by atoms with Crippen molar-refractivity contribution >= 4 is 17.8 Å². The Morgan fingerprint density at radius 3 is 2.80 bits per heavy atom. The molecule has 0 aliphatic rings. The summed E-state index contributed by atoms with van der Waals surface area (Å²) >= 11 is 0. The summed E-state index contributed by atoms with van der Waals surface area (Å²) in [4.78, 5) is 27.3. The Bertz CT molecular complexity index is 568. The molecule has 0 radical (unpaired) electrons. The molecule has 2 rings (SSSR count). The van der Waals surface area contributed by atoms with Gasteiger partial charge in [-0.25, -0.2) is 4.98 Å². The third-order valence-corrected chi connectivity index (χ3v) is 2.47. The average Bonchev–Trinajstić information content (AvgIpc) is 2.97. The van der Waals surface area contributed by atoms with Crippen molar-refractivity contribution in [3.05, 3.63) is 18.7 Å². The molecule has 0 saturated heterocycles. The van der Waals surface area contributed by atoms with E-state index < -0.39 is 0 Å². The molecule has 4 N–H and O–H groups in total. The quantitative estimate of drug-likeness (QED) is 0.597. The second-order valence-corrected chi connectivity index (χ2v) is 4.00. The zero-order valence-electron chi connectivity index (χ0n) is 11.1. The number of hydrogen-bond donors (Lipinski definition) is 3. The molecule has 2 aromatic rings. The Balaban J connectivity index is 2.08. The molecular weight excluding hydrogens is 260 g/mol. The van der Waals surface area contributed by atoms with Crippen molar-refractivity contribution < 1.29 is 4.79 Å². The second-order valence-electron chi connectivity index (χ2n) is 4.00. The topological polar surface area (TPSA) is 124 Å². The lowest BCUT2D eigenvalue weighted by atomic mass is 10.3. The first kappa shape index (κ1) is 13.7. The van der Waals surface area contributed by atoms with Gasteiger partial charge in [0.1, 0.15) is 6.33 Å². The number of carbonyl (C=O) groups excluding carboxylic acids is 1. The molecule has 0 atom stereocenters. The van der Waals surface area contributed by atoms with E-state index in [0.717, 1.165) is 0 Å². The molecule has 2 heterocycles. The number of carbonyl (C=O) groups is 1. The summed E-state index contributed by atoms with van der Waals surface area (Å²) in [5.74, 6) is 1.01. The van der Waals surface area contributed by atoms with E-state index in [4.69, 9.17) is 5.73 Å². The maximum absolute atomic E-state index is 10.7. The molecule has 0 aliphatic carbocycles. The molecule has 0 aliphatic heterocycles. The van der Waals surface area contributed by atoms with Crippen LogP contribution in [0.3, 0.4) is 0 Å². The number of amides is 1.